The zero-order chi connectivity index (χ0) is 14.0. The monoisotopic (exact) mass is 282 g/mol. The van der Waals surface area contributed by atoms with Crippen LogP contribution in [0, 0.1) is 13.8 Å². The highest BCUT2D eigenvalue weighted by atomic mass is 32.2. The van der Waals surface area contributed by atoms with Gasteiger partial charge in [0.25, 0.3) is 0 Å². The predicted molar refractivity (Wildman–Crippen MR) is 76.8 cm³/mol. The predicted octanol–water partition coefficient (Wildman–Crippen LogP) is 1.68. The van der Waals surface area contributed by atoms with Gasteiger partial charge in [-0.25, -0.2) is 8.42 Å². The molecule has 0 bridgehead atoms. The first kappa shape index (κ1) is 14.5. The van der Waals surface area contributed by atoms with Crippen molar-refractivity contribution in [1.82, 2.24) is 9.62 Å². The molecule has 1 atom stereocenters. The summed E-state index contributed by atoms with van der Waals surface area (Å²) in [6, 6.07) is 5.63. The third kappa shape index (κ3) is 2.99. The summed E-state index contributed by atoms with van der Waals surface area (Å²) < 4.78 is 26.9. The summed E-state index contributed by atoms with van der Waals surface area (Å²) in [5, 5.41) is 3.26. The highest BCUT2D eigenvalue weighted by molar-refractivity contribution is 7.89. The minimum Gasteiger partial charge on any atom is -0.315 e. The van der Waals surface area contributed by atoms with Gasteiger partial charge >= 0.3 is 0 Å². The molecule has 1 aromatic rings. The van der Waals surface area contributed by atoms with Crippen LogP contribution < -0.4 is 5.32 Å². The molecule has 1 heterocycles. The average Bonchev–Trinajstić information content (AvgIpc) is 2.41. The van der Waals surface area contributed by atoms with Crippen LogP contribution in [0.5, 0.6) is 0 Å². The highest BCUT2D eigenvalue weighted by Gasteiger charge is 2.29. The number of piperidine rings is 1. The molecule has 1 saturated heterocycles. The SMILES string of the molecule is Cc1ccc(C)c(S(=O)(=O)N(C)C2CCCNC2)c1. The maximum atomic E-state index is 12.7. The second kappa shape index (κ2) is 5.61. The molecule has 1 aliphatic heterocycles. The van der Waals surface area contributed by atoms with Crippen LogP contribution in [-0.4, -0.2) is 38.9 Å². The molecule has 1 aromatic carbocycles. The van der Waals surface area contributed by atoms with E-state index < -0.39 is 10.0 Å². The molecule has 1 unspecified atom stereocenters. The zero-order valence-electron chi connectivity index (χ0n) is 11.8. The Balaban J connectivity index is 2.33. The van der Waals surface area contributed by atoms with Crippen molar-refractivity contribution in [2.24, 2.45) is 0 Å². The largest absolute Gasteiger partial charge is 0.315 e. The van der Waals surface area contributed by atoms with Crippen LogP contribution in [0.3, 0.4) is 0 Å². The van der Waals surface area contributed by atoms with Gasteiger partial charge in [0.15, 0.2) is 0 Å². The minimum absolute atomic E-state index is 0.0543. The van der Waals surface area contributed by atoms with E-state index in [0.29, 0.717) is 4.90 Å². The van der Waals surface area contributed by atoms with Crippen molar-refractivity contribution >= 4 is 10.0 Å². The average molecular weight is 282 g/mol. The number of hydrogen-bond donors (Lipinski definition) is 1. The third-order valence-corrected chi connectivity index (χ3v) is 5.84. The molecule has 106 valence electrons. The first-order chi connectivity index (χ1) is 8.93. The Morgan fingerprint density at radius 2 is 2.05 bits per heavy atom. The molecule has 0 aliphatic carbocycles. The Bertz CT molecular complexity index is 549. The smallest absolute Gasteiger partial charge is 0.243 e. The Kier molecular flexibility index (Phi) is 4.28. The molecule has 0 aromatic heterocycles. The van der Waals surface area contributed by atoms with E-state index >= 15 is 0 Å². The van der Waals surface area contributed by atoms with E-state index in [1.54, 1.807) is 13.1 Å². The van der Waals surface area contributed by atoms with Gasteiger partial charge < -0.3 is 5.32 Å². The molecule has 1 fully saturated rings. The molecule has 2 rings (SSSR count). The quantitative estimate of drug-likeness (QED) is 0.917. The van der Waals surface area contributed by atoms with Crippen molar-refractivity contribution in [3.8, 4) is 0 Å². The number of sulfonamides is 1. The maximum absolute atomic E-state index is 12.7. The van der Waals surface area contributed by atoms with Crippen LogP contribution in [0.2, 0.25) is 0 Å². The number of nitrogens with one attached hydrogen (secondary N) is 1. The van der Waals surface area contributed by atoms with Crippen LogP contribution in [0.15, 0.2) is 23.1 Å². The van der Waals surface area contributed by atoms with E-state index in [4.69, 9.17) is 0 Å². The molecule has 0 saturated carbocycles. The molecular formula is C14H22N2O2S. The molecule has 1 N–H and O–H groups in total. The Hall–Kier alpha value is -0.910. The third-order valence-electron chi connectivity index (χ3n) is 3.79. The maximum Gasteiger partial charge on any atom is 0.243 e. The van der Waals surface area contributed by atoms with Gasteiger partial charge in [-0.05, 0) is 50.4 Å². The summed E-state index contributed by atoms with van der Waals surface area (Å²) in [7, 11) is -1.71. The lowest BCUT2D eigenvalue weighted by atomic mass is 10.1. The molecular weight excluding hydrogens is 260 g/mol. The molecule has 19 heavy (non-hydrogen) atoms. The van der Waals surface area contributed by atoms with E-state index in [-0.39, 0.29) is 6.04 Å². The number of nitrogens with zero attached hydrogens (tertiary/aromatic N) is 1. The highest BCUT2D eigenvalue weighted by Crippen LogP contribution is 2.23. The van der Waals surface area contributed by atoms with Gasteiger partial charge in [-0.1, -0.05) is 12.1 Å². The van der Waals surface area contributed by atoms with Gasteiger partial charge in [-0.3, -0.25) is 0 Å². The van der Waals surface area contributed by atoms with Gasteiger partial charge in [-0.15, -0.1) is 0 Å². The van der Waals surface area contributed by atoms with E-state index in [2.05, 4.69) is 5.32 Å². The number of likely N-dealkylation sites (N-methyl/N-ethyl adjacent to an activating group) is 1. The first-order valence-corrected chi connectivity index (χ1v) is 8.13. The normalized spacial score (nSPS) is 20.7. The molecule has 0 spiro atoms. The molecule has 4 nitrogen and oxygen atoms in total. The first-order valence-electron chi connectivity index (χ1n) is 6.69. The fourth-order valence-corrected chi connectivity index (χ4v) is 4.17. The zero-order valence-corrected chi connectivity index (χ0v) is 12.6. The van der Waals surface area contributed by atoms with Gasteiger partial charge in [0, 0.05) is 19.6 Å². The van der Waals surface area contributed by atoms with Crippen LogP contribution in [0.4, 0.5) is 0 Å². The molecule has 0 amide bonds. The Morgan fingerprint density at radius 3 is 2.68 bits per heavy atom. The van der Waals surface area contributed by atoms with Crippen LogP contribution in [0.25, 0.3) is 0 Å². The van der Waals surface area contributed by atoms with Gasteiger partial charge in [0.05, 0.1) is 4.90 Å². The van der Waals surface area contributed by atoms with Gasteiger partial charge in [0.1, 0.15) is 0 Å². The fourth-order valence-electron chi connectivity index (χ4n) is 2.48. The van der Waals surface area contributed by atoms with Crippen molar-refractivity contribution in [2.45, 2.75) is 37.6 Å². The Labute approximate surface area is 115 Å². The van der Waals surface area contributed by atoms with Crippen molar-refractivity contribution < 1.29 is 8.42 Å². The van der Waals surface area contributed by atoms with Gasteiger partial charge in [0.2, 0.25) is 10.0 Å². The van der Waals surface area contributed by atoms with Crippen molar-refractivity contribution in [3.05, 3.63) is 29.3 Å². The Morgan fingerprint density at radius 1 is 1.32 bits per heavy atom. The standard InChI is InChI=1S/C14H22N2O2S/c1-11-6-7-12(2)14(9-11)19(17,18)16(3)13-5-4-8-15-10-13/h6-7,9,13,15H,4-5,8,10H2,1-3H3. The van der Waals surface area contributed by atoms with Crippen molar-refractivity contribution in [2.75, 3.05) is 20.1 Å². The lowest BCUT2D eigenvalue weighted by Gasteiger charge is -2.31. The van der Waals surface area contributed by atoms with Crippen LogP contribution in [-0.2, 0) is 10.0 Å². The topological polar surface area (TPSA) is 49.4 Å². The molecule has 1 aliphatic rings. The van der Waals surface area contributed by atoms with Gasteiger partial charge in [-0.2, -0.15) is 4.31 Å². The lowest BCUT2D eigenvalue weighted by Crippen LogP contribution is -2.46. The fraction of sp³-hybridized carbons (Fsp3) is 0.571. The minimum atomic E-state index is -3.40. The number of aryl methyl sites for hydroxylation is 2. The molecule has 0 radical (unpaired) electrons. The van der Waals surface area contributed by atoms with Crippen LogP contribution in [0.1, 0.15) is 24.0 Å². The number of benzene rings is 1. The summed E-state index contributed by atoms with van der Waals surface area (Å²) in [5.74, 6) is 0. The summed E-state index contributed by atoms with van der Waals surface area (Å²) in [6.07, 6.45) is 1.95. The number of hydrogen-bond acceptors (Lipinski definition) is 3. The lowest BCUT2D eigenvalue weighted by molar-refractivity contribution is 0.300. The van der Waals surface area contributed by atoms with E-state index in [9.17, 15) is 8.42 Å². The van der Waals surface area contributed by atoms with Crippen molar-refractivity contribution in [1.29, 1.82) is 0 Å². The summed E-state index contributed by atoms with van der Waals surface area (Å²) in [6.45, 7) is 5.48. The second-order valence-electron chi connectivity index (χ2n) is 5.29. The summed E-state index contributed by atoms with van der Waals surface area (Å²) in [5.41, 5.74) is 1.78. The van der Waals surface area contributed by atoms with Crippen LogP contribution >= 0.6 is 0 Å². The van der Waals surface area contributed by atoms with E-state index in [1.165, 1.54) is 4.31 Å². The van der Waals surface area contributed by atoms with E-state index in [1.807, 2.05) is 26.0 Å². The second-order valence-corrected chi connectivity index (χ2v) is 7.26. The summed E-state index contributed by atoms with van der Waals surface area (Å²) in [4.78, 5) is 0.431. The number of rotatable bonds is 3. The van der Waals surface area contributed by atoms with E-state index in [0.717, 1.165) is 37.1 Å². The van der Waals surface area contributed by atoms with Crippen molar-refractivity contribution in [3.63, 3.8) is 0 Å². The summed E-state index contributed by atoms with van der Waals surface area (Å²) >= 11 is 0. The molecule has 5 heteroatoms.